The van der Waals surface area contributed by atoms with E-state index in [0.717, 1.165) is 12.8 Å². The summed E-state index contributed by atoms with van der Waals surface area (Å²) in [6.45, 7) is 7.18. The molecule has 0 bridgehead atoms. The topological polar surface area (TPSA) is 51.3 Å². The second-order valence-corrected chi connectivity index (χ2v) is 7.63. The SMILES string of the molecule is CCCN1CCC[C@@H]2c3cccc4c3c(c(CC)n4CC(N)=O)C[C@H]21. The Balaban J connectivity index is 1.89. The third-order valence-electron chi connectivity index (χ3n) is 6.21. The van der Waals surface area contributed by atoms with Crippen molar-refractivity contribution in [1.29, 1.82) is 0 Å². The van der Waals surface area contributed by atoms with E-state index in [4.69, 9.17) is 5.73 Å². The van der Waals surface area contributed by atoms with Gasteiger partial charge in [0.05, 0.1) is 0 Å². The Bertz CT molecular complexity index is 805. The molecule has 1 amide bonds. The minimum Gasteiger partial charge on any atom is -0.368 e. The number of fused-ring (bicyclic) bond motifs is 2. The lowest BCUT2D eigenvalue weighted by atomic mass is 9.74. The molecule has 0 saturated carbocycles. The molecule has 1 aliphatic carbocycles. The van der Waals surface area contributed by atoms with Gasteiger partial charge in [-0.05, 0) is 62.4 Å². The van der Waals surface area contributed by atoms with Gasteiger partial charge >= 0.3 is 0 Å². The fraction of sp³-hybridized carbons (Fsp3) is 0.571. The van der Waals surface area contributed by atoms with E-state index in [-0.39, 0.29) is 12.5 Å². The minimum atomic E-state index is -0.257. The Morgan fingerprint density at radius 1 is 1.32 bits per heavy atom. The van der Waals surface area contributed by atoms with Gasteiger partial charge in [0, 0.05) is 28.6 Å². The highest BCUT2D eigenvalue weighted by atomic mass is 16.1. The van der Waals surface area contributed by atoms with Crippen LogP contribution in [0.25, 0.3) is 10.9 Å². The molecule has 2 N–H and O–H groups in total. The highest BCUT2D eigenvalue weighted by Gasteiger charge is 2.38. The molecular formula is C21H29N3O. The van der Waals surface area contributed by atoms with Gasteiger partial charge in [-0.2, -0.15) is 0 Å². The average Bonchev–Trinajstić information content (AvgIpc) is 2.90. The summed E-state index contributed by atoms with van der Waals surface area (Å²) in [5.41, 5.74) is 11.0. The van der Waals surface area contributed by atoms with E-state index in [0.29, 0.717) is 12.0 Å². The summed E-state index contributed by atoms with van der Waals surface area (Å²) in [6.07, 6.45) is 5.85. The molecule has 2 aromatic rings. The van der Waals surface area contributed by atoms with E-state index in [1.807, 2.05) is 0 Å². The molecule has 1 saturated heterocycles. The lowest BCUT2D eigenvalue weighted by Crippen LogP contribution is -2.47. The Labute approximate surface area is 150 Å². The van der Waals surface area contributed by atoms with E-state index in [2.05, 4.69) is 41.5 Å². The molecule has 2 aliphatic rings. The zero-order chi connectivity index (χ0) is 17.6. The van der Waals surface area contributed by atoms with Crippen LogP contribution >= 0.6 is 0 Å². The molecule has 0 radical (unpaired) electrons. The van der Waals surface area contributed by atoms with Gasteiger partial charge in [0.1, 0.15) is 6.54 Å². The first kappa shape index (κ1) is 16.6. The van der Waals surface area contributed by atoms with Crippen LogP contribution in [0.4, 0.5) is 0 Å². The van der Waals surface area contributed by atoms with E-state index in [1.165, 1.54) is 60.1 Å². The van der Waals surface area contributed by atoms with Crippen LogP contribution < -0.4 is 5.73 Å². The lowest BCUT2D eigenvalue weighted by Gasteiger charge is -2.44. The van der Waals surface area contributed by atoms with Crippen LogP contribution in [0.1, 0.15) is 55.8 Å². The molecule has 4 nitrogen and oxygen atoms in total. The fourth-order valence-corrected chi connectivity index (χ4v) is 5.37. The Morgan fingerprint density at radius 2 is 2.16 bits per heavy atom. The van der Waals surface area contributed by atoms with Crippen LogP contribution in [0.3, 0.4) is 0 Å². The van der Waals surface area contributed by atoms with Gasteiger partial charge in [0.15, 0.2) is 0 Å². The van der Waals surface area contributed by atoms with Crippen LogP contribution in [0.15, 0.2) is 18.2 Å². The van der Waals surface area contributed by atoms with Gasteiger partial charge in [0.2, 0.25) is 5.91 Å². The Hall–Kier alpha value is -1.81. The van der Waals surface area contributed by atoms with Crippen molar-refractivity contribution < 1.29 is 4.79 Å². The van der Waals surface area contributed by atoms with Crippen LogP contribution in [0.5, 0.6) is 0 Å². The Morgan fingerprint density at radius 3 is 2.88 bits per heavy atom. The highest BCUT2D eigenvalue weighted by Crippen LogP contribution is 2.45. The van der Waals surface area contributed by atoms with Crippen molar-refractivity contribution in [3.63, 3.8) is 0 Å². The number of nitrogens with zero attached hydrogens (tertiary/aromatic N) is 2. The lowest BCUT2D eigenvalue weighted by molar-refractivity contribution is -0.118. The molecule has 25 heavy (non-hydrogen) atoms. The second kappa shape index (κ2) is 6.49. The van der Waals surface area contributed by atoms with Gasteiger partial charge in [-0.25, -0.2) is 0 Å². The number of hydrogen-bond donors (Lipinski definition) is 1. The molecule has 2 atom stereocenters. The number of carbonyl (C=O) groups is 1. The van der Waals surface area contributed by atoms with Gasteiger partial charge in [0.25, 0.3) is 0 Å². The van der Waals surface area contributed by atoms with Crippen molar-refractivity contribution in [3.05, 3.63) is 35.0 Å². The molecule has 4 heteroatoms. The molecule has 0 unspecified atom stereocenters. The quantitative estimate of drug-likeness (QED) is 0.909. The van der Waals surface area contributed by atoms with Crippen LogP contribution in [0, 0.1) is 0 Å². The monoisotopic (exact) mass is 339 g/mol. The maximum Gasteiger partial charge on any atom is 0.237 e. The van der Waals surface area contributed by atoms with Crippen molar-refractivity contribution in [2.45, 2.75) is 64.5 Å². The molecule has 2 heterocycles. The molecule has 134 valence electrons. The number of rotatable bonds is 5. The fourth-order valence-electron chi connectivity index (χ4n) is 5.37. The largest absolute Gasteiger partial charge is 0.368 e. The van der Waals surface area contributed by atoms with Crippen molar-refractivity contribution in [3.8, 4) is 0 Å². The zero-order valence-corrected chi connectivity index (χ0v) is 15.4. The summed E-state index contributed by atoms with van der Waals surface area (Å²) < 4.78 is 2.18. The van der Waals surface area contributed by atoms with Crippen molar-refractivity contribution >= 4 is 16.8 Å². The number of aromatic nitrogens is 1. The van der Waals surface area contributed by atoms with Crippen LogP contribution in [0.2, 0.25) is 0 Å². The number of primary amides is 1. The maximum absolute atomic E-state index is 11.7. The number of piperidine rings is 1. The summed E-state index contributed by atoms with van der Waals surface area (Å²) >= 11 is 0. The minimum absolute atomic E-state index is 0.257. The zero-order valence-electron chi connectivity index (χ0n) is 15.4. The Kier molecular flexibility index (Phi) is 4.32. The third-order valence-corrected chi connectivity index (χ3v) is 6.21. The summed E-state index contributed by atoms with van der Waals surface area (Å²) in [6, 6.07) is 7.27. The van der Waals surface area contributed by atoms with Crippen LogP contribution in [-0.4, -0.2) is 34.5 Å². The van der Waals surface area contributed by atoms with Crippen LogP contribution in [-0.2, 0) is 24.2 Å². The normalized spacial score (nSPS) is 23.0. The molecule has 0 spiro atoms. The van der Waals surface area contributed by atoms with E-state index in [1.54, 1.807) is 0 Å². The predicted molar refractivity (Wildman–Crippen MR) is 102 cm³/mol. The highest BCUT2D eigenvalue weighted by molar-refractivity contribution is 5.91. The molecule has 1 aromatic heterocycles. The van der Waals surface area contributed by atoms with E-state index >= 15 is 0 Å². The first-order valence-electron chi connectivity index (χ1n) is 9.80. The summed E-state index contributed by atoms with van der Waals surface area (Å²) in [7, 11) is 0. The summed E-state index contributed by atoms with van der Waals surface area (Å²) in [5.74, 6) is 0.374. The number of hydrogen-bond acceptors (Lipinski definition) is 2. The molecule has 4 rings (SSSR count). The second-order valence-electron chi connectivity index (χ2n) is 7.63. The first-order valence-corrected chi connectivity index (χ1v) is 9.80. The smallest absolute Gasteiger partial charge is 0.237 e. The van der Waals surface area contributed by atoms with E-state index in [9.17, 15) is 4.79 Å². The average molecular weight is 339 g/mol. The van der Waals surface area contributed by atoms with Gasteiger partial charge < -0.3 is 10.3 Å². The maximum atomic E-state index is 11.7. The van der Waals surface area contributed by atoms with Crippen molar-refractivity contribution in [2.24, 2.45) is 5.73 Å². The standard InChI is InChI=1S/C21H29N3O/c1-3-10-23-11-6-8-14-15-7-5-9-18-21(15)16(12-19(14)23)17(4-2)24(18)13-20(22)25/h5,7,9,14,19H,3-4,6,8,10-13H2,1-2H3,(H2,22,25)/t14-,19-/m1/s1. The predicted octanol–water partition coefficient (Wildman–Crippen LogP) is 3.20. The number of amides is 1. The molecule has 1 aliphatic heterocycles. The number of nitrogens with two attached hydrogens (primary N) is 1. The van der Waals surface area contributed by atoms with E-state index < -0.39 is 0 Å². The number of benzene rings is 1. The summed E-state index contributed by atoms with van der Waals surface area (Å²) in [4.78, 5) is 14.4. The molecule has 1 fully saturated rings. The van der Waals surface area contributed by atoms with Gasteiger partial charge in [-0.3, -0.25) is 9.69 Å². The first-order chi connectivity index (χ1) is 12.2. The molecular weight excluding hydrogens is 310 g/mol. The molecule has 1 aromatic carbocycles. The number of likely N-dealkylation sites (tertiary alicyclic amines) is 1. The third kappa shape index (κ3) is 2.58. The van der Waals surface area contributed by atoms with Crippen molar-refractivity contribution in [1.82, 2.24) is 9.47 Å². The summed E-state index contributed by atoms with van der Waals surface area (Å²) in [5, 5.41) is 1.42. The van der Waals surface area contributed by atoms with Gasteiger partial charge in [-0.15, -0.1) is 0 Å². The van der Waals surface area contributed by atoms with Crippen molar-refractivity contribution in [2.75, 3.05) is 13.1 Å². The van der Waals surface area contributed by atoms with Gasteiger partial charge in [-0.1, -0.05) is 26.0 Å². The number of carbonyl (C=O) groups excluding carboxylic acids is 1.